The van der Waals surface area contributed by atoms with Crippen LogP contribution in [0.15, 0.2) is 35.3 Å². The van der Waals surface area contributed by atoms with Crippen LogP contribution in [0.3, 0.4) is 0 Å². The number of fused-ring (bicyclic) bond motifs is 1. The summed E-state index contributed by atoms with van der Waals surface area (Å²) in [5.41, 5.74) is 6.47. The Morgan fingerprint density at radius 3 is 2.58 bits per heavy atom. The summed E-state index contributed by atoms with van der Waals surface area (Å²) in [7, 11) is 1.77. The summed E-state index contributed by atoms with van der Waals surface area (Å²) in [6.07, 6.45) is 4.79. The van der Waals surface area contributed by atoms with Crippen molar-refractivity contribution in [3.05, 3.63) is 35.9 Å². The predicted octanol–water partition coefficient (Wildman–Crippen LogP) is 1.47. The zero-order chi connectivity index (χ0) is 21.8. The van der Waals surface area contributed by atoms with Gasteiger partial charge in [0.25, 0.3) is 5.91 Å². The Kier molecular flexibility index (Phi) is 4.92. The number of carbonyl (C=O) groups is 2. The summed E-state index contributed by atoms with van der Waals surface area (Å²) in [5.74, 6) is 0.719. The van der Waals surface area contributed by atoms with E-state index < -0.39 is 11.7 Å². The van der Waals surface area contributed by atoms with Gasteiger partial charge < -0.3 is 20.4 Å². The number of rotatable bonds is 4. The van der Waals surface area contributed by atoms with Crippen LogP contribution in [0.2, 0.25) is 0 Å². The van der Waals surface area contributed by atoms with E-state index in [4.69, 9.17) is 10.7 Å². The normalized spacial score (nSPS) is 31.3. The van der Waals surface area contributed by atoms with Crippen LogP contribution in [0.1, 0.15) is 38.2 Å². The Morgan fingerprint density at radius 1 is 1.16 bits per heavy atom. The highest BCUT2D eigenvalue weighted by Crippen LogP contribution is 2.43. The molecule has 0 spiro atoms. The maximum Gasteiger partial charge on any atom is 0.328 e. The van der Waals surface area contributed by atoms with Gasteiger partial charge in [-0.2, -0.15) is 0 Å². The largest absolute Gasteiger partial charge is 0.341 e. The SMILES string of the molecule is CN1C(=O)N(CCc2ccccc2)C(=O)C2N(C3CC3)C(N3CCCC(N)C3)=NC21C. The minimum atomic E-state index is -0.892. The summed E-state index contributed by atoms with van der Waals surface area (Å²) >= 11 is 0. The number of carbonyl (C=O) groups excluding carboxylic acids is 2. The van der Waals surface area contributed by atoms with E-state index in [1.165, 1.54) is 4.90 Å². The third-order valence-electron chi connectivity index (χ3n) is 7.20. The second-order valence-electron chi connectivity index (χ2n) is 9.46. The highest BCUT2D eigenvalue weighted by Gasteiger charge is 2.62. The van der Waals surface area contributed by atoms with Crippen LogP contribution in [-0.2, 0) is 11.2 Å². The minimum absolute atomic E-state index is 0.116. The molecule has 8 heteroatoms. The van der Waals surface area contributed by atoms with E-state index in [-0.39, 0.29) is 18.0 Å². The number of guanidine groups is 1. The van der Waals surface area contributed by atoms with Gasteiger partial charge in [0.2, 0.25) is 0 Å². The van der Waals surface area contributed by atoms with E-state index in [0.717, 1.165) is 50.3 Å². The molecule has 8 nitrogen and oxygen atoms in total. The third-order valence-corrected chi connectivity index (χ3v) is 7.20. The number of likely N-dealkylation sites (N-methyl/N-ethyl adjacent to an activating group) is 1. The maximum atomic E-state index is 13.7. The average molecular weight is 425 g/mol. The van der Waals surface area contributed by atoms with Crippen molar-refractivity contribution in [2.75, 3.05) is 26.7 Å². The molecule has 2 N–H and O–H groups in total. The molecule has 1 saturated carbocycles. The fraction of sp³-hybridized carbons (Fsp3) is 0.609. The Morgan fingerprint density at radius 2 is 1.90 bits per heavy atom. The minimum Gasteiger partial charge on any atom is -0.341 e. The van der Waals surface area contributed by atoms with Gasteiger partial charge in [0, 0.05) is 38.8 Å². The van der Waals surface area contributed by atoms with Crippen LogP contribution < -0.4 is 5.73 Å². The molecule has 2 saturated heterocycles. The van der Waals surface area contributed by atoms with Crippen LogP contribution in [0.25, 0.3) is 0 Å². The van der Waals surface area contributed by atoms with Crippen LogP contribution in [0.4, 0.5) is 4.79 Å². The molecular weight excluding hydrogens is 392 g/mol. The van der Waals surface area contributed by atoms with E-state index in [9.17, 15) is 9.59 Å². The summed E-state index contributed by atoms with van der Waals surface area (Å²) < 4.78 is 0. The van der Waals surface area contributed by atoms with E-state index >= 15 is 0 Å². The fourth-order valence-corrected chi connectivity index (χ4v) is 5.17. The molecule has 3 atom stereocenters. The van der Waals surface area contributed by atoms with Gasteiger partial charge in [-0.05, 0) is 44.6 Å². The second-order valence-corrected chi connectivity index (χ2v) is 9.46. The standard InChI is InChI=1S/C23H32N6O2/c1-23-19(29(18-10-11-18)21(25-23)27-13-6-9-17(24)15-27)20(30)28(22(31)26(23)2)14-12-16-7-4-3-5-8-16/h3-5,7-8,17-19H,6,9-15,24H2,1-2H3. The van der Waals surface area contributed by atoms with Crippen molar-refractivity contribution >= 4 is 17.9 Å². The van der Waals surface area contributed by atoms with Gasteiger partial charge in [0.05, 0.1) is 0 Å². The molecule has 1 aromatic carbocycles. The average Bonchev–Trinajstić information content (AvgIpc) is 3.55. The quantitative estimate of drug-likeness (QED) is 0.791. The van der Waals surface area contributed by atoms with Crippen LogP contribution in [0, 0.1) is 0 Å². The number of aliphatic imine (C=N–C) groups is 1. The molecule has 4 aliphatic rings. The zero-order valence-electron chi connectivity index (χ0n) is 18.4. The van der Waals surface area contributed by atoms with Crippen molar-refractivity contribution in [2.45, 2.75) is 62.8 Å². The number of hydrogen-bond donors (Lipinski definition) is 1. The highest BCUT2D eigenvalue weighted by molar-refractivity contribution is 6.05. The first-order chi connectivity index (χ1) is 14.9. The maximum absolute atomic E-state index is 13.7. The van der Waals surface area contributed by atoms with Crippen molar-refractivity contribution in [3.63, 3.8) is 0 Å². The van der Waals surface area contributed by atoms with Gasteiger partial charge in [0.15, 0.2) is 17.7 Å². The Hall–Kier alpha value is -2.61. The number of likely N-dealkylation sites (tertiary alicyclic amines) is 1. The number of nitrogens with zero attached hydrogens (tertiary/aromatic N) is 5. The Bertz CT molecular complexity index is 901. The number of imide groups is 1. The lowest BCUT2D eigenvalue weighted by atomic mass is 9.96. The monoisotopic (exact) mass is 424 g/mol. The zero-order valence-corrected chi connectivity index (χ0v) is 18.4. The molecule has 1 aromatic rings. The summed E-state index contributed by atoms with van der Waals surface area (Å²) in [6.45, 7) is 3.94. The lowest BCUT2D eigenvalue weighted by Gasteiger charge is -2.47. The summed E-state index contributed by atoms with van der Waals surface area (Å²) in [5, 5.41) is 0. The molecule has 5 rings (SSSR count). The van der Waals surface area contributed by atoms with Crippen molar-refractivity contribution in [3.8, 4) is 0 Å². The fourth-order valence-electron chi connectivity index (χ4n) is 5.17. The van der Waals surface area contributed by atoms with Crippen molar-refractivity contribution < 1.29 is 9.59 Å². The van der Waals surface area contributed by atoms with Gasteiger partial charge in [-0.15, -0.1) is 0 Å². The van der Waals surface area contributed by atoms with Crippen LogP contribution in [0.5, 0.6) is 0 Å². The molecular formula is C23H32N6O2. The summed E-state index contributed by atoms with van der Waals surface area (Å²) in [6, 6.07) is 9.66. The molecule has 3 aliphatic heterocycles. The van der Waals surface area contributed by atoms with E-state index in [2.05, 4.69) is 9.80 Å². The topological polar surface area (TPSA) is 85.5 Å². The van der Waals surface area contributed by atoms with Gasteiger partial charge in [-0.25, -0.2) is 9.79 Å². The Balaban J connectivity index is 1.44. The first kappa shape index (κ1) is 20.3. The number of nitrogens with two attached hydrogens (primary N) is 1. The number of amides is 3. The molecule has 3 unspecified atom stereocenters. The van der Waals surface area contributed by atoms with E-state index in [1.807, 2.05) is 37.3 Å². The summed E-state index contributed by atoms with van der Waals surface area (Å²) in [4.78, 5) is 39.6. The molecule has 3 fully saturated rings. The molecule has 0 radical (unpaired) electrons. The van der Waals surface area contributed by atoms with Crippen molar-refractivity contribution in [1.29, 1.82) is 0 Å². The van der Waals surface area contributed by atoms with E-state index in [1.54, 1.807) is 11.9 Å². The van der Waals surface area contributed by atoms with Gasteiger partial charge in [0.1, 0.15) is 0 Å². The van der Waals surface area contributed by atoms with Crippen molar-refractivity contribution in [2.24, 2.45) is 10.7 Å². The van der Waals surface area contributed by atoms with Gasteiger partial charge in [-0.3, -0.25) is 9.69 Å². The van der Waals surface area contributed by atoms with Gasteiger partial charge >= 0.3 is 6.03 Å². The number of benzene rings is 1. The number of hydrogen-bond acceptors (Lipinski definition) is 6. The lowest BCUT2D eigenvalue weighted by Crippen LogP contribution is -2.71. The first-order valence-corrected chi connectivity index (χ1v) is 11.4. The smallest absolute Gasteiger partial charge is 0.328 e. The second kappa shape index (κ2) is 7.51. The molecule has 3 heterocycles. The predicted molar refractivity (Wildman–Crippen MR) is 118 cm³/mol. The number of urea groups is 1. The molecule has 0 aromatic heterocycles. The molecule has 166 valence electrons. The van der Waals surface area contributed by atoms with Crippen molar-refractivity contribution in [1.82, 2.24) is 19.6 Å². The third kappa shape index (κ3) is 3.37. The molecule has 3 amide bonds. The first-order valence-electron chi connectivity index (χ1n) is 11.4. The molecule has 0 bridgehead atoms. The van der Waals surface area contributed by atoms with Crippen LogP contribution in [-0.4, -0.2) is 88.0 Å². The highest BCUT2D eigenvalue weighted by atomic mass is 16.2. The molecule has 1 aliphatic carbocycles. The number of piperidine rings is 1. The van der Waals surface area contributed by atoms with E-state index in [0.29, 0.717) is 19.0 Å². The van der Waals surface area contributed by atoms with Gasteiger partial charge in [-0.1, -0.05) is 30.3 Å². The van der Waals surface area contributed by atoms with Crippen LogP contribution >= 0.6 is 0 Å². The Labute approximate surface area is 183 Å². The lowest BCUT2D eigenvalue weighted by molar-refractivity contribution is -0.141. The molecule has 31 heavy (non-hydrogen) atoms.